The quantitative estimate of drug-likeness (QED) is 0.858. The van der Waals surface area contributed by atoms with Gasteiger partial charge in [-0.05, 0) is 25.5 Å². The van der Waals surface area contributed by atoms with Crippen LogP contribution in [0.3, 0.4) is 0 Å². The largest absolute Gasteiger partial charge is 0.372 e. The normalized spacial score (nSPS) is 19.3. The molecule has 1 aromatic carbocycles. The summed E-state index contributed by atoms with van der Waals surface area (Å²) in [4.78, 5) is 13.7. The smallest absolute Gasteiger partial charge is 0.245 e. The maximum Gasteiger partial charge on any atom is 0.245 e. The SMILES string of the molecule is CCCC(C)N(C)c1ccc2c(c1)NC(=O)C2N. The summed E-state index contributed by atoms with van der Waals surface area (Å²) < 4.78 is 0. The van der Waals surface area contributed by atoms with Crippen molar-refractivity contribution in [1.29, 1.82) is 0 Å². The lowest BCUT2D eigenvalue weighted by molar-refractivity contribution is -0.116. The highest BCUT2D eigenvalue weighted by Gasteiger charge is 2.27. The summed E-state index contributed by atoms with van der Waals surface area (Å²) in [5.41, 5.74) is 8.65. The Morgan fingerprint density at radius 1 is 1.50 bits per heavy atom. The van der Waals surface area contributed by atoms with Gasteiger partial charge in [0.1, 0.15) is 6.04 Å². The number of nitrogens with two attached hydrogens (primary N) is 1. The summed E-state index contributed by atoms with van der Waals surface area (Å²) in [6.45, 7) is 4.40. The van der Waals surface area contributed by atoms with Gasteiger partial charge in [-0.2, -0.15) is 0 Å². The van der Waals surface area contributed by atoms with E-state index in [-0.39, 0.29) is 5.91 Å². The molecule has 0 saturated carbocycles. The van der Waals surface area contributed by atoms with E-state index < -0.39 is 6.04 Å². The van der Waals surface area contributed by atoms with Crippen molar-refractivity contribution in [3.8, 4) is 0 Å². The van der Waals surface area contributed by atoms with Crippen molar-refractivity contribution in [3.63, 3.8) is 0 Å². The molecule has 1 aliphatic heterocycles. The average molecular weight is 247 g/mol. The number of benzene rings is 1. The van der Waals surface area contributed by atoms with Crippen molar-refractivity contribution in [1.82, 2.24) is 0 Å². The third kappa shape index (κ3) is 2.20. The van der Waals surface area contributed by atoms with Crippen LogP contribution in [0.4, 0.5) is 11.4 Å². The molecule has 2 unspecified atom stereocenters. The van der Waals surface area contributed by atoms with Crippen LogP contribution in [0, 0.1) is 0 Å². The van der Waals surface area contributed by atoms with E-state index in [1.165, 1.54) is 0 Å². The molecule has 1 aromatic rings. The van der Waals surface area contributed by atoms with Gasteiger partial charge in [0.25, 0.3) is 0 Å². The minimum Gasteiger partial charge on any atom is -0.372 e. The van der Waals surface area contributed by atoms with Gasteiger partial charge in [0.05, 0.1) is 0 Å². The first kappa shape index (κ1) is 12.9. The van der Waals surface area contributed by atoms with Crippen molar-refractivity contribution >= 4 is 17.3 Å². The Morgan fingerprint density at radius 3 is 2.89 bits per heavy atom. The Kier molecular flexibility index (Phi) is 3.57. The van der Waals surface area contributed by atoms with Crippen LogP contribution in [0.15, 0.2) is 18.2 Å². The second kappa shape index (κ2) is 4.98. The fourth-order valence-corrected chi connectivity index (χ4v) is 2.36. The van der Waals surface area contributed by atoms with Crippen LogP contribution >= 0.6 is 0 Å². The van der Waals surface area contributed by atoms with E-state index >= 15 is 0 Å². The molecule has 0 saturated heterocycles. The molecule has 1 aliphatic rings. The molecule has 3 N–H and O–H groups in total. The number of amides is 1. The molecule has 2 atom stereocenters. The first-order chi connectivity index (χ1) is 8.54. The maximum atomic E-state index is 11.5. The Labute approximate surface area is 108 Å². The highest BCUT2D eigenvalue weighted by Crippen LogP contribution is 2.33. The Morgan fingerprint density at radius 2 is 2.22 bits per heavy atom. The molecule has 0 bridgehead atoms. The molecule has 4 nitrogen and oxygen atoms in total. The lowest BCUT2D eigenvalue weighted by Crippen LogP contribution is -2.28. The van der Waals surface area contributed by atoms with Crippen LogP contribution in [-0.2, 0) is 4.79 Å². The zero-order chi connectivity index (χ0) is 13.3. The Bertz CT molecular complexity index is 458. The molecule has 0 aromatic heterocycles. The molecular formula is C14H21N3O. The molecule has 18 heavy (non-hydrogen) atoms. The van der Waals surface area contributed by atoms with Crippen LogP contribution < -0.4 is 16.0 Å². The van der Waals surface area contributed by atoms with Gasteiger partial charge in [-0.1, -0.05) is 19.4 Å². The van der Waals surface area contributed by atoms with E-state index in [1.807, 2.05) is 18.2 Å². The number of carbonyl (C=O) groups excluding carboxylic acids is 1. The van der Waals surface area contributed by atoms with Crippen molar-refractivity contribution in [3.05, 3.63) is 23.8 Å². The number of anilines is 2. The van der Waals surface area contributed by atoms with Crippen molar-refractivity contribution in [2.24, 2.45) is 5.73 Å². The fraction of sp³-hybridized carbons (Fsp3) is 0.500. The zero-order valence-electron chi connectivity index (χ0n) is 11.2. The molecule has 98 valence electrons. The molecule has 0 fully saturated rings. The summed E-state index contributed by atoms with van der Waals surface area (Å²) in [6, 6.07) is 5.95. The average Bonchev–Trinajstić information content (AvgIpc) is 2.64. The zero-order valence-corrected chi connectivity index (χ0v) is 11.2. The number of hydrogen-bond donors (Lipinski definition) is 2. The van der Waals surface area contributed by atoms with E-state index in [9.17, 15) is 4.79 Å². The highest BCUT2D eigenvalue weighted by atomic mass is 16.2. The van der Waals surface area contributed by atoms with E-state index in [4.69, 9.17) is 5.73 Å². The molecule has 0 radical (unpaired) electrons. The van der Waals surface area contributed by atoms with Crippen molar-refractivity contribution in [2.75, 3.05) is 17.3 Å². The van der Waals surface area contributed by atoms with E-state index in [1.54, 1.807) is 0 Å². The summed E-state index contributed by atoms with van der Waals surface area (Å²) in [5, 5.41) is 2.82. The van der Waals surface area contributed by atoms with Gasteiger partial charge in [0.2, 0.25) is 5.91 Å². The molecule has 1 amide bonds. The van der Waals surface area contributed by atoms with Gasteiger partial charge in [-0.25, -0.2) is 0 Å². The number of rotatable bonds is 4. The predicted octanol–water partition coefficient (Wildman–Crippen LogP) is 2.26. The summed E-state index contributed by atoms with van der Waals surface area (Å²) in [5.74, 6) is -0.119. The first-order valence-corrected chi connectivity index (χ1v) is 6.47. The molecule has 4 heteroatoms. The van der Waals surface area contributed by atoms with Gasteiger partial charge < -0.3 is 16.0 Å². The van der Waals surface area contributed by atoms with Crippen LogP contribution in [0.2, 0.25) is 0 Å². The van der Waals surface area contributed by atoms with Gasteiger partial charge in [-0.15, -0.1) is 0 Å². The number of carbonyl (C=O) groups is 1. The monoisotopic (exact) mass is 247 g/mol. The standard InChI is InChI=1S/C14H21N3O/c1-4-5-9(2)17(3)10-6-7-11-12(8-10)16-14(18)13(11)15/h6-9,13H,4-5,15H2,1-3H3,(H,16,18). The van der Waals surface area contributed by atoms with Gasteiger partial charge in [-0.3, -0.25) is 4.79 Å². The lowest BCUT2D eigenvalue weighted by atomic mass is 10.1. The third-order valence-electron chi connectivity index (χ3n) is 3.69. The predicted molar refractivity (Wildman–Crippen MR) is 74.8 cm³/mol. The number of hydrogen-bond acceptors (Lipinski definition) is 3. The van der Waals surface area contributed by atoms with Crippen molar-refractivity contribution < 1.29 is 4.79 Å². The summed E-state index contributed by atoms with van der Waals surface area (Å²) >= 11 is 0. The van der Waals surface area contributed by atoms with Crippen LogP contribution in [0.5, 0.6) is 0 Å². The Hall–Kier alpha value is -1.55. The molecule has 0 spiro atoms. The third-order valence-corrected chi connectivity index (χ3v) is 3.69. The van der Waals surface area contributed by atoms with E-state index in [0.29, 0.717) is 6.04 Å². The first-order valence-electron chi connectivity index (χ1n) is 6.47. The van der Waals surface area contributed by atoms with E-state index in [2.05, 4.69) is 31.1 Å². The molecule has 0 aliphatic carbocycles. The van der Waals surface area contributed by atoms with Crippen LogP contribution in [-0.4, -0.2) is 19.0 Å². The number of nitrogens with one attached hydrogen (secondary N) is 1. The van der Waals surface area contributed by atoms with Crippen LogP contribution in [0.1, 0.15) is 38.3 Å². The summed E-state index contributed by atoms with van der Waals surface area (Å²) in [7, 11) is 2.08. The lowest BCUT2D eigenvalue weighted by Gasteiger charge is -2.27. The van der Waals surface area contributed by atoms with Gasteiger partial charge in [0.15, 0.2) is 0 Å². The Balaban J connectivity index is 2.23. The highest BCUT2D eigenvalue weighted by molar-refractivity contribution is 6.02. The number of nitrogens with zero attached hydrogens (tertiary/aromatic N) is 1. The fourth-order valence-electron chi connectivity index (χ4n) is 2.36. The maximum absolute atomic E-state index is 11.5. The van der Waals surface area contributed by atoms with Crippen molar-refractivity contribution in [2.45, 2.75) is 38.8 Å². The molecule has 2 rings (SSSR count). The van der Waals surface area contributed by atoms with E-state index in [0.717, 1.165) is 29.8 Å². The summed E-state index contributed by atoms with van der Waals surface area (Å²) in [6.07, 6.45) is 2.32. The minimum absolute atomic E-state index is 0.119. The topological polar surface area (TPSA) is 58.4 Å². The second-order valence-corrected chi connectivity index (χ2v) is 4.99. The molecular weight excluding hydrogens is 226 g/mol. The second-order valence-electron chi connectivity index (χ2n) is 4.99. The van der Waals surface area contributed by atoms with Gasteiger partial charge >= 0.3 is 0 Å². The molecule has 1 heterocycles. The van der Waals surface area contributed by atoms with Gasteiger partial charge in [0, 0.05) is 30.0 Å². The minimum atomic E-state index is -0.521. The number of fused-ring (bicyclic) bond motifs is 1. The van der Waals surface area contributed by atoms with Crippen LogP contribution in [0.25, 0.3) is 0 Å².